The van der Waals surface area contributed by atoms with Crippen molar-refractivity contribution in [2.75, 3.05) is 20.2 Å². The molecule has 104 valence electrons. The minimum atomic E-state index is -1.52. The third-order valence-corrected chi connectivity index (χ3v) is 2.00. The fourth-order valence-electron chi connectivity index (χ4n) is 1.10. The quantitative estimate of drug-likeness (QED) is 0.439. The Morgan fingerprint density at radius 1 is 1.28 bits per heavy atom. The lowest BCUT2D eigenvalue weighted by molar-refractivity contribution is -0.142. The predicted octanol–water partition coefficient (Wildman–Crippen LogP) is -0.926. The molecule has 0 bridgehead atoms. The lowest BCUT2D eigenvalue weighted by atomic mass is 10.0. The van der Waals surface area contributed by atoms with Gasteiger partial charge in [0.05, 0.1) is 25.6 Å². The molecular weight excluding hydrogens is 244 g/mol. The molecule has 0 aromatic heterocycles. The van der Waals surface area contributed by atoms with Gasteiger partial charge in [0.2, 0.25) is 0 Å². The molecule has 0 rings (SSSR count). The number of carboxylic acid groups (broad SMARTS) is 1. The molecule has 8 nitrogen and oxygen atoms in total. The van der Waals surface area contributed by atoms with E-state index in [9.17, 15) is 19.5 Å². The van der Waals surface area contributed by atoms with Gasteiger partial charge in [-0.15, -0.1) is 0 Å². The van der Waals surface area contributed by atoms with Crippen molar-refractivity contribution in [2.24, 2.45) is 0 Å². The molecule has 0 heterocycles. The number of carbonyl (C=O) groups is 3. The number of aliphatic hydroxyl groups is 1. The summed E-state index contributed by atoms with van der Waals surface area (Å²) in [5.74, 6) is -1.61. The number of aliphatic carboxylic acids is 1. The van der Waals surface area contributed by atoms with Crippen molar-refractivity contribution >= 4 is 18.0 Å². The molecule has 0 spiro atoms. The summed E-state index contributed by atoms with van der Waals surface area (Å²) in [5, 5.41) is 22.8. The van der Waals surface area contributed by atoms with Gasteiger partial charge in [0.15, 0.2) is 0 Å². The first kappa shape index (κ1) is 16.2. The van der Waals surface area contributed by atoms with Gasteiger partial charge in [0, 0.05) is 13.1 Å². The summed E-state index contributed by atoms with van der Waals surface area (Å²) in [5.41, 5.74) is -1.52. The Morgan fingerprint density at radius 2 is 1.89 bits per heavy atom. The second kappa shape index (κ2) is 7.49. The second-order valence-corrected chi connectivity index (χ2v) is 4.00. The van der Waals surface area contributed by atoms with Crippen molar-refractivity contribution in [3.05, 3.63) is 0 Å². The standard InChI is InChI=1S/C10H18N2O6/c1-10(17,5-7(13)14)6-12-9(16)11-4-3-8(15)18-2/h17H,3-6H2,1-2H3,(H,13,14)(H2,11,12,16). The van der Waals surface area contributed by atoms with Crippen LogP contribution in [0.25, 0.3) is 0 Å². The number of carbonyl (C=O) groups excluding carboxylic acids is 2. The molecule has 0 aromatic rings. The van der Waals surface area contributed by atoms with Crippen molar-refractivity contribution < 1.29 is 29.3 Å². The third-order valence-electron chi connectivity index (χ3n) is 2.00. The first-order chi connectivity index (χ1) is 8.26. The number of esters is 1. The summed E-state index contributed by atoms with van der Waals surface area (Å²) < 4.78 is 4.37. The molecule has 0 fully saturated rings. The SMILES string of the molecule is COC(=O)CCNC(=O)NCC(C)(O)CC(=O)O. The minimum Gasteiger partial charge on any atom is -0.481 e. The maximum Gasteiger partial charge on any atom is 0.314 e. The average molecular weight is 262 g/mol. The Hall–Kier alpha value is -1.83. The van der Waals surface area contributed by atoms with Crippen molar-refractivity contribution in [3.8, 4) is 0 Å². The van der Waals surface area contributed by atoms with Crippen LogP contribution in [0.5, 0.6) is 0 Å². The maximum absolute atomic E-state index is 11.2. The number of amides is 2. The lowest BCUT2D eigenvalue weighted by Crippen LogP contribution is -2.46. The molecule has 0 aliphatic carbocycles. The summed E-state index contributed by atoms with van der Waals surface area (Å²) in [7, 11) is 1.24. The van der Waals surface area contributed by atoms with E-state index in [4.69, 9.17) is 5.11 Å². The summed E-state index contributed by atoms with van der Waals surface area (Å²) in [6.07, 6.45) is -0.440. The molecule has 1 unspecified atom stereocenters. The molecule has 0 saturated heterocycles. The summed E-state index contributed by atoms with van der Waals surface area (Å²) in [6.45, 7) is 1.19. The maximum atomic E-state index is 11.2. The number of urea groups is 1. The van der Waals surface area contributed by atoms with E-state index in [1.165, 1.54) is 14.0 Å². The monoisotopic (exact) mass is 262 g/mol. The molecule has 0 aromatic carbocycles. The van der Waals surface area contributed by atoms with Crippen LogP contribution >= 0.6 is 0 Å². The molecular formula is C10H18N2O6. The third kappa shape index (κ3) is 8.34. The molecule has 0 saturated carbocycles. The van der Waals surface area contributed by atoms with Gasteiger partial charge in [-0.2, -0.15) is 0 Å². The fraction of sp³-hybridized carbons (Fsp3) is 0.700. The summed E-state index contributed by atoms with van der Waals surface area (Å²) in [6, 6.07) is -0.593. The van der Waals surface area contributed by atoms with Crippen molar-refractivity contribution in [1.29, 1.82) is 0 Å². The number of nitrogens with one attached hydrogen (secondary N) is 2. The second-order valence-electron chi connectivity index (χ2n) is 4.00. The van der Waals surface area contributed by atoms with Crippen LogP contribution < -0.4 is 10.6 Å². The Bertz CT molecular complexity index is 315. The molecule has 0 aliphatic rings. The van der Waals surface area contributed by atoms with Crippen molar-refractivity contribution in [1.82, 2.24) is 10.6 Å². The Morgan fingerprint density at radius 3 is 2.39 bits per heavy atom. The molecule has 4 N–H and O–H groups in total. The lowest BCUT2D eigenvalue weighted by Gasteiger charge is -2.21. The van der Waals surface area contributed by atoms with Gasteiger partial charge in [-0.25, -0.2) is 4.79 Å². The van der Waals surface area contributed by atoms with Crippen LogP contribution in [0.15, 0.2) is 0 Å². The number of ether oxygens (including phenoxy) is 1. The number of carboxylic acids is 1. The minimum absolute atomic E-state index is 0.0371. The number of rotatable bonds is 7. The smallest absolute Gasteiger partial charge is 0.314 e. The van der Waals surface area contributed by atoms with Gasteiger partial charge >= 0.3 is 18.0 Å². The highest BCUT2D eigenvalue weighted by Crippen LogP contribution is 2.06. The van der Waals surface area contributed by atoms with Crippen LogP contribution in [0.1, 0.15) is 19.8 Å². The molecule has 0 radical (unpaired) electrons. The zero-order chi connectivity index (χ0) is 14.2. The molecule has 18 heavy (non-hydrogen) atoms. The van der Waals surface area contributed by atoms with Crippen LogP contribution in [0, 0.1) is 0 Å². The number of hydrogen-bond acceptors (Lipinski definition) is 5. The van der Waals surface area contributed by atoms with Gasteiger partial charge in [0.25, 0.3) is 0 Å². The Labute approximate surface area is 104 Å². The van der Waals surface area contributed by atoms with Gasteiger partial charge < -0.3 is 25.6 Å². The van der Waals surface area contributed by atoms with Gasteiger partial charge in [-0.05, 0) is 6.92 Å². The fourth-order valence-corrected chi connectivity index (χ4v) is 1.10. The topological polar surface area (TPSA) is 125 Å². The van der Waals surface area contributed by atoms with E-state index in [0.717, 1.165) is 0 Å². The van der Waals surface area contributed by atoms with Gasteiger partial charge in [-0.1, -0.05) is 0 Å². The summed E-state index contributed by atoms with van der Waals surface area (Å²) in [4.78, 5) is 32.3. The van der Waals surface area contributed by atoms with Gasteiger partial charge in [-0.3, -0.25) is 9.59 Å². The van der Waals surface area contributed by atoms with E-state index >= 15 is 0 Å². The van der Waals surface area contributed by atoms with E-state index in [1.54, 1.807) is 0 Å². The van der Waals surface area contributed by atoms with Crippen LogP contribution in [-0.2, 0) is 14.3 Å². The van der Waals surface area contributed by atoms with E-state index in [0.29, 0.717) is 0 Å². The van der Waals surface area contributed by atoms with E-state index in [1.807, 2.05) is 0 Å². The zero-order valence-corrected chi connectivity index (χ0v) is 10.4. The molecule has 0 aliphatic heterocycles. The Kier molecular flexibility index (Phi) is 6.73. The van der Waals surface area contributed by atoms with E-state index in [2.05, 4.69) is 15.4 Å². The van der Waals surface area contributed by atoms with E-state index in [-0.39, 0.29) is 19.5 Å². The van der Waals surface area contributed by atoms with Gasteiger partial charge in [0.1, 0.15) is 0 Å². The molecule has 1 atom stereocenters. The largest absolute Gasteiger partial charge is 0.481 e. The van der Waals surface area contributed by atoms with Crippen LogP contribution in [-0.4, -0.2) is 54.0 Å². The first-order valence-electron chi connectivity index (χ1n) is 5.29. The molecule has 2 amide bonds. The highest BCUT2D eigenvalue weighted by atomic mass is 16.5. The van der Waals surface area contributed by atoms with E-state index < -0.39 is 30.0 Å². The normalized spacial score (nSPS) is 13.3. The highest BCUT2D eigenvalue weighted by Gasteiger charge is 2.24. The molecule has 8 heteroatoms. The predicted molar refractivity (Wildman–Crippen MR) is 60.9 cm³/mol. The average Bonchev–Trinajstić information content (AvgIpc) is 2.24. The van der Waals surface area contributed by atoms with Crippen molar-refractivity contribution in [3.63, 3.8) is 0 Å². The summed E-state index contributed by atoms with van der Waals surface area (Å²) >= 11 is 0. The zero-order valence-electron chi connectivity index (χ0n) is 10.4. The van der Waals surface area contributed by atoms with Crippen LogP contribution in [0.2, 0.25) is 0 Å². The van der Waals surface area contributed by atoms with Crippen LogP contribution in [0.3, 0.4) is 0 Å². The Balaban J connectivity index is 3.82. The van der Waals surface area contributed by atoms with Crippen LogP contribution in [0.4, 0.5) is 4.79 Å². The number of hydrogen-bond donors (Lipinski definition) is 4. The number of methoxy groups -OCH3 is 1. The first-order valence-corrected chi connectivity index (χ1v) is 5.29. The van der Waals surface area contributed by atoms with Crippen molar-refractivity contribution in [2.45, 2.75) is 25.4 Å². The highest BCUT2D eigenvalue weighted by molar-refractivity contribution is 5.75.